The Labute approximate surface area is 121 Å². The van der Waals surface area contributed by atoms with Crippen LogP contribution in [0.25, 0.3) is 0 Å². The van der Waals surface area contributed by atoms with Crippen LogP contribution < -0.4 is 4.74 Å². The second kappa shape index (κ2) is 4.51. The topological polar surface area (TPSA) is 29.5 Å². The Morgan fingerprint density at radius 3 is 2.84 bits per heavy atom. The molecule has 0 saturated heterocycles. The van der Waals surface area contributed by atoms with Gasteiger partial charge in [-0.2, -0.15) is 0 Å². The van der Waals surface area contributed by atoms with Crippen LogP contribution in [0.3, 0.4) is 0 Å². The molecule has 1 aromatic heterocycles. The summed E-state index contributed by atoms with van der Waals surface area (Å²) in [5.41, 5.74) is 1.85. The third-order valence-corrected chi connectivity index (χ3v) is 4.71. The second-order valence-electron chi connectivity index (χ2n) is 5.44. The summed E-state index contributed by atoms with van der Waals surface area (Å²) < 4.78 is 5.84. The lowest BCUT2D eigenvalue weighted by Crippen LogP contribution is -2.24. The van der Waals surface area contributed by atoms with Crippen molar-refractivity contribution in [3.05, 3.63) is 50.7 Å². The molecule has 1 N–H and O–H groups in total. The molecule has 19 heavy (non-hydrogen) atoms. The molecule has 1 aliphatic heterocycles. The average Bonchev–Trinajstić information content (AvgIpc) is 2.88. The maximum atomic E-state index is 10.4. The molecule has 2 heterocycles. The van der Waals surface area contributed by atoms with Crippen molar-refractivity contribution in [2.45, 2.75) is 32.0 Å². The summed E-state index contributed by atoms with van der Waals surface area (Å²) in [6.07, 6.45) is 0.197. The lowest BCUT2D eigenvalue weighted by atomic mass is 9.98. The maximum Gasteiger partial charge on any atom is 0.123 e. The highest BCUT2D eigenvalue weighted by atomic mass is 35.5. The Morgan fingerprint density at radius 1 is 1.37 bits per heavy atom. The zero-order valence-corrected chi connectivity index (χ0v) is 12.4. The van der Waals surface area contributed by atoms with Crippen LogP contribution in [0.2, 0.25) is 5.02 Å². The highest BCUT2D eigenvalue weighted by Crippen LogP contribution is 2.39. The van der Waals surface area contributed by atoms with Gasteiger partial charge in [0.25, 0.3) is 0 Å². The van der Waals surface area contributed by atoms with Gasteiger partial charge in [0.1, 0.15) is 17.5 Å². The van der Waals surface area contributed by atoms with E-state index in [9.17, 15) is 5.11 Å². The first-order valence-corrected chi connectivity index (χ1v) is 7.45. The minimum atomic E-state index is -0.665. The molecule has 1 atom stereocenters. The van der Waals surface area contributed by atoms with E-state index < -0.39 is 6.10 Å². The SMILES string of the molecule is CC1(C)Cc2cc(C(O)c3sccc3Cl)ccc2O1. The first kappa shape index (κ1) is 13.0. The molecule has 100 valence electrons. The highest BCUT2D eigenvalue weighted by Gasteiger charge is 2.30. The largest absolute Gasteiger partial charge is 0.487 e. The quantitative estimate of drug-likeness (QED) is 0.899. The molecule has 2 aromatic rings. The van der Waals surface area contributed by atoms with Crippen molar-refractivity contribution in [3.63, 3.8) is 0 Å². The van der Waals surface area contributed by atoms with E-state index in [1.165, 1.54) is 11.3 Å². The van der Waals surface area contributed by atoms with Gasteiger partial charge in [-0.3, -0.25) is 0 Å². The van der Waals surface area contributed by atoms with E-state index in [-0.39, 0.29) is 5.60 Å². The Kier molecular flexibility index (Phi) is 3.08. The first-order valence-electron chi connectivity index (χ1n) is 6.19. The summed E-state index contributed by atoms with van der Waals surface area (Å²) in [6.45, 7) is 4.14. The van der Waals surface area contributed by atoms with Gasteiger partial charge in [0.15, 0.2) is 0 Å². The monoisotopic (exact) mass is 294 g/mol. The predicted octanol–water partition coefficient (Wildman–Crippen LogP) is 4.20. The molecule has 3 rings (SSSR count). The summed E-state index contributed by atoms with van der Waals surface area (Å²) >= 11 is 7.55. The van der Waals surface area contributed by atoms with Crippen LogP contribution >= 0.6 is 22.9 Å². The number of halogens is 1. The molecule has 2 nitrogen and oxygen atoms in total. The van der Waals surface area contributed by atoms with Gasteiger partial charge in [-0.25, -0.2) is 0 Å². The number of ether oxygens (including phenoxy) is 1. The Balaban J connectivity index is 1.94. The van der Waals surface area contributed by atoms with Gasteiger partial charge in [0, 0.05) is 6.42 Å². The minimum absolute atomic E-state index is 0.160. The van der Waals surface area contributed by atoms with Gasteiger partial charge < -0.3 is 9.84 Å². The molecule has 0 saturated carbocycles. The van der Waals surface area contributed by atoms with Gasteiger partial charge in [0.05, 0.1) is 9.90 Å². The lowest BCUT2D eigenvalue weighted by molar-refractivity contribution is 0.138. The molecule has 0 fully saturated rings. The fraction of sp³-hybridized carbons (Fsp3) is 0.333. The van der Waals surface area contributed by atoms with E-state index in [2.05, 4.69) is 13.8 Å². The molecule has 4 heteroatoms. The van der Waals surface area contributed by atoms with Gasteiger partial charge in [-0.05, 0) is 48.6 Å². The van der Waals surface area contributed by atoms with Crippen molar-refractivity contribution >= 4 is 22.9 Å². The number of hydrogen-bond acceptors (Lipinski definition) is 3. The van der Waals surface area contributed by atoms with Crippen molar-refractivity contribution in [2.75, 3.05) is 0 Å². The summed E-state index contributed by atoms with van der Waals surface area (Å²) in [4.78, 5) is 0.791. The van der Waals surface area contributed by atoms with Crippen LogP contribution in [0.15, 0.2) is 29.6 Å². The number of hydrogen-bond donors (Lipinski definition) is 1. The van der Waals surface area contributed by atoms with Gasteiger partial charge in [0.2, 0.25) is 0 Å². The average molecular weight is 295 g/mol. The zero-order chi connectivity index (χ0) is 13.6. The van der Waals surface area contributed by atoms with E-state index in [1.807, 2.05) is 29.6 Å². The standard InChI is InChI=1S/C15H15ClO2S/c1-15(2)8-10-7-9(3-4-12(10)18-15)13(17)14-11(16)5-6-19-14/h3-7,13,17H,8H2,1-2H3. The van der Waals surface area contributed by atoms with Gasteiger partial charge >= 0.3 is 0 Å². The number of thiophene rings is 1. The van der Waals surface area contributed by atoms with E-state index in [4.69, 9.17) is 16.3 Å². The highest BCUT2D eigenvalue weighted by molar-refractivity contribution is 7.10. The molecule has 0 aliphatic carbocycles. The number of rotatable bonds is 2. The van der Waals surface area contributed by atoms with Crippen LogP contribution in [0.4, 0.5) is 0 Å². The van der Waals surface area contributed by atoms with Crippen molar-refractivity contribution < 1.29 is 9.84 Å². The van der Waals surface area contributed by atoms with E-state index in [0.29, 0.717) is 5.02 Å². The van der Waals surface area contributed by atoms with Crippen LogP contribution in [-0.2, 0) is 6.42 Å². The zero-order valence-electron chi connectivity index (χ0n) is 10.8. The molecule has 0 spiro atoms. The Hall–Kier alpha value is -1.03. The summed E-state index contributed by atoms with van der Waals surface area (Å²) in [7, 11) is 0. The van der Waals surface area contributed by atoms with Crippen molar-refractivity contribution in [2.24, 2.45) is 0 Å². The van der Waals surface area contributed by atoms with Gasteiger partial charge in [-0.15, -0.1) is 11.3 Å². The van der Waals surface area contributed by atoms with Crippen molar-refractivity contribution in [3.8, 4) is 5.75 Å². The van der Waals surface area contributed by atoms with Crippen molar-refractivity contribution in [1.82, 2.24) is 0 Å². The molecule has 1 unspecified atom stereocenters. The van der Waals surface area contributed by atoms with Crippen LogP contribution in [0.1, 0.15) is 36.0 Å². The Morgan fingerprint density at radius 2 is 2.16 bits per heavy atom. The molecule has 1 aliphatic rings. The van der Waals surface area contributed by atoms with Crippen LogP contribution in [0, 0.1) is 0 Å². The first-order chi connectivity index (χ1) is 8.96. The number of benzene rings is 1. The summed E-state index contributed by atoms with van der Waals surface area (Å²) in [6, 6.07) is 7.67. The molecule has 0 amide bonds. The fourth-order valence-electron chi connectivity index (χ4n) is 2.45. The number of aliphatic hydroxyl groups is 1. The molecular formula is C15H15ClO2S. The van der Waals surface area contributed by atoms with E-state index in [0.717, 1.165) is 28.2 Å². The van der Waals surface area contributed by atoms with Gasteiger partial charge in [-0.1, -0.05) is 17.7 Å². The van der Waals surface area contributed by atoms with Crippen molar-refractivity contribution in [1.29, 1.82) is 0 Å². The lowest BCUT2D eigenvalue weighted by Gasteiger charge is -2.16. The van der Waals surface area contributed by atoms with E-state index >= 15 is 0 Å². The molecular weight excluding hydrogens is 280 g/mol. The maximum absolute atomic E-state index is 10.4. The molecule has 1 aromatic carbocycles. The number of fused-ring (bicyclic) bond motifs is 1. The third-order valence-electron chi connectivity index (χ3n) is 3.30. The van der Waals surface area contributed by atoms with E-state index in [1.54, 1.807) is 0 Å². The van der Waals surface area contributed by atoms with Crippen LogP contribution in [0.5, 0.6) is 5.75 Å². The smallest absolute Gasteiger partial charge is 0.123 e. The van der Waals surface area contributed by atoms with Crippen LogP contribution in [-0.4, -0.2) is 10.7 Å². The minimum Gasteiger partial charge on any atom is -0.487 e. The third kappa shape index (κ3) is 2.38. The number of aliphatic hydroxyl groups excluding tert-OH is 1. The molecule has 0 bridgehead atoms. The summed E-state index contributed by atoms with van der Waals surface area (Å²) in [5, 5.41) is 12.9. The molecule has 0 radical (unpaired) electrons. The normalized spacial score (nSPS) is 17.9. The fourth-order valence-corrected chi connectivity index (χ4v) is 3.62. The predicted molar refractivity (Wildman–Crippen MR) is 78.2 cm³/mol. The summed E-state index contributed by atoms with van der Waals surface area (Å²) in [5.74, 6) is 0.915. The second-order valence-corrected chi connectivity index (χ2v) is 6.80. The Bertz CT molecular complexity index is 618.